The van der Waals surface area contributed by atoms with Crippen LogP contribution in [0.5, 0.6) is 0 Å². The van der Waals surface area contributed by atoms with Gasteiger partial charge in [-0.2, -0.15) is 0 Å². The third kappa shape index (κ3) is 12.2. The molecule has 1 unspecified atom stereocenters. The summed E-state index contributed by atoms with van der Waals surface area (Å²) < 4.78 is 0. The average molecular weight is 382 g/mol. The molecule has 1 rings (SSSR count). The molecule has 0 radical (unpaired) electrons. The van der Waals surface area contributed by atoms with Gasteiger partial charge in [-0.1, -0.05) is 51.7 Å². The first kappa shape index (κ1) is 25.1. The summed E-state index contributed by atoms with van der Waals surface area (Å²) in [7, 11) is 0. The van der Waals surface area contributed by atoms with Gasteiger partial charge < -0.3 is 10.2 Å². The minimum absolute atomic E-state index is 0.189. The zero-order chi connectivity index (χ0) is 20.9. The van der Waals surface area contributed by atoms with E-state index >= 15 is 0 Å². The summed E-state index contributed by atoms with van der Waals surface area (Å²) in [6.07, 6.45) is 6.31. The van der Waals surface area contributed by atoms with E-state index in [1.54, 1.807) is 0 Å². The molecule has 2 N–H and O–H groups in total. The summed E-state index contributed by atoms with van der Waals surface area (Å²) in [6.45, 7) is 11.2. The number of carboxylic acid groups (broad SMARTS) is 2. The van der Waals surface area contributed by atoms with Crippen LogP contribution in [0.3, 0.4) is 0 Å². The summed E-state index contributed by atoms with van der Waals surface area (Å²) in [4.78, 5) is 31.4. The van der Waals surface area contributed by atoms with E-state index < -0.39 is 11.9 Å². The van der Waals surface area contributed by atoms with E-state index in [4.69, 9.17) is 20.0 Å². The summed E-state index contributed by atoms with van der Waals surface area (Å²) in [5.74, 6) is -1.66. The van der Waals surface area contributed by atoms with Crippen LogP contribution in [-0.2, 0) is 9.78 Å². The highest BCUT2D eigenvalue weighted by Crippen LogP contribution is 2.17. The van der Waals surface area contributed by atoms with Gasteiger partial charge >= 0.3 is 11.9 Å². The van der Waals surface area contributed by atoms with Crippen molar-refractivity contribution in [1.82, 2.24) is 0 Å². The van der Waals surface area contributed by atoms with Crippen LogP contribution in [0.1, 0.15) is 87.4 Å². The number of benzene rings is 1. The van der Waals surface area contributed by atoms with Gasteiger partial charge in [-0.15, -0.1) is 0 Å². The summed E-state index contributed by atoms with van der Waals surface area (Å²) >= 11 is 0. The molecule has 0 saturated heterocycles. The molecule has 0 saturated carbocycles. The number of hydrogen-bond donors (Lipinski definition) is 2. The van der Waals surface area contributed by atoms with Crippen LogP contribution in [0.25, 0.3) is 0 Å². The maximum absolute atomic E-state index is 10.5. The Morgan fingerprint density at radius 2 is 1.52 bits per heavy atom. The van der Waals surface area contributed by atoms with Gasteiger partial charge in [0.1, 0.15) is 0 Å². The van der Waals surface area contributed by atoms with Crippen LogP contribution in [0.15, 0.2) is 24.3 Å². The molecule has 6 nitrogen and oxygen atoms in total. The molecule has 1 aromatic carbocycles. The molecule has 6 heteroatoms. The van der Waals surface area contributed by atoms with Crippen LogP contribution in [-0.4, -0.2) is 34.4 Å². The SMILES string of the molecule is CCCCC(CC)CCOOC(C)(C)C.O=C(O)c1ccccc1C(=O)O. The largest absolute Gasteiger partial charge is 0.478 e. The topological polar surface area (TPSA) is 93.1 Å². The molecule has 0 spiro atoms. The third-order valence-corrected chi connectivity index (χ3v) is 3.85. The Balaban J connectivity index is 0.000000511. The lowest BCUT2D eigenvalue weighted by Gasteiger charge is -2.19. The van der Waals surface area contributed by atoms with E-state index in [0.29, 0.717) is 0 Å². The second-order valence-electron chi connectivity index (χ2n) is 7.38. The Morgan fingerprint density at radius 3 is 1.89 bits per heavy atom. The molecule has 1 aromatic rings. The Morgan fingerprint density at radius 1 is 1.00 bits per heavy atom. The Kier molecular flexibility index (Phi) is 12.3. The van der Waals surface area contributed by atoms with Crippen LogP contribution < -0.4 is 0 Å². The van der Waals surface area contributed by atoms with Gasteiger partial charge in [-0.3, -0.25) is 0 Å². The molecule has 0 amide bonds. The van der Waals surface area contributed by atoms with Crippen molar-refractivity contribution in [3.63, 3.8) is 0 Å². The molecule has 0 fully saturated rings. The quantitative estimate of drug-likeness (QED) is 0.319. The van der Waals surface area contributed by atoms with Crippen molar-refractivity contribution in [3.8, 4) is 0 Å². The van der Waals surface area contributed by atoms with E-state index in [9.17, 15) is 9.59 Å². The molecular weight excluding hydrogens is 348 g/mol. The van der Waals surface area contributed by atoms with E-state index in [-0.39, 0.29) is 16.7 Å². The molecule has 27 heavy (non-hydrogen) atoms. The van der Waals surface area contributed by atoms with Crippen LogP contribution >= 0.6 is 0 Å². The summed E-state index contributed by atoms with van der Waals surface area (Å²) in [6, 6.07) is 5.48. The van der Waals surface area contributed by atoms with Crippen molar-refractivity contribution >= 4 is 11.9 Å². The molecule has 0 aliphatic rings. The van der Waals surface area contributed by atoms with Gasteiger partial charge in [0, 0.05) is 0 Å². The molecule has 0 aliphatic carbocycles. The molecule has 0 bridgehead atoms. The van der Waals surface area contributed by atoms with E-state index in [1.807, 2.05) is 20.8 Å². The zero-order valence-corrected chi connectivity index (χ0v) is 17.2. The fraction of sp³-hybridized carbons (Fsp3) is 0.619. The van der Waals surface area contributed by atoms with Crippen molar-refractivity contribution in [2.45, 2.75) is 72.3 Å². The number of unbranched alkanes of at least 4 members (excludes halogenated alkanes) is 1. The number of rotatable bonds is 10. The number of aromatic carboxylic acids is 2. The van der Waals surface area contributed by atoms with Crippen LogP contribution in [0.2, 0.25) is 0 Å². The Hall–Kier alpha value is -1.92. The van der Waals surface area contributed by atoms with Gasteiger partial charge in [0.25, 0.3) is 0 Å². The predicted molar refractivity (Wildman–Crippen MR) is 105 cm³/mol. The van der Waals surface area contributed by atoms with Gasteiger partial charge in [-0.05, 0) is 45.2 Å². The lowest BCUT2D eigenvalue weighted by atomic mass is 9.96. The van der Waals surface area contributed by atoms with Gasteiger partial charge in [0.05, 0.1) is 23.3 Å². The number of carbonyl (C=O) groups is 2. The van der Waals surface area contributed by atoms with Crippen LogP contribution in [0.4, 0.5) is 0 Å². The maximum atomic E-state index is 10.5. The van der Waals surface area contributed by atoms with Gasteiger partial charge in [0.2, 0.25) is 0 Å². The third-order valence-electron chi connectivity index (χ3n) is 3.85. The maximum Gasteiger partial charge on any atom is 0.336 e. The smallest absolute Gasteiger partial charge is 0.336 e. The minimum atomic E-state index is -1.23. The molecule has 0 aromatic heterocycles. The van der Waals surface area contributed by atoms with Crippen molar-refractivity contribution in [1.29, 1.82) is 0 Å². The minimum Gasteiger partial charge on any atom is -0.478 e. The van der Waals surface area contributed by atoms with Gasteiger partial charge in [0.15, 0.2) is 0 Å². The summed E-state index contributed by atoms with van der Waals surface area (Å²) in [5.41, 5.74) is -0.569. The Labute approximate surface area is 162 Å². The predicted octanol–water partition coefficient (Wildman–Crippen LogP) is 5.42. The monoisotopic (exact) mass is 382 g/mol. The lowest BCUT2D eigenvalue weighted by molar-refractivity contribution is -0.349. The standard InChI is InChI=1S/C13H28O2.C8H6O4/c1-6-8-9-12(7-2)10-11-14-15-13(3,4)5;9-7(10)5-3-1-2-4-6(5)8(11)12/h12H,6-11H2,1-5H3;1-4H,(H,9,10)(H,11,12). The lowest BCUT2D eigenvalue weighted by Crippen LogP contribution is -2.20. The average Bonchev–Trinajstić information content (AvgIpc) is 2.60. The number of carboxylic acids is 2. The van der Waals surface area contributed by atoms with Crippen molar-refractivity contribution in [2.24, 2.45) is 5.92 Å². The molecular formula is C21H34O6. The van der Waals surface area contributed by atoms with E-state index in [0.717, 1.165) is 18.9 Å². The highest BCUT2D eigenvalue weighted by atomic mass is 17.2. The summed E-state index contributed by atoms with van der Waals surface area (Å²) in [5, 5.41) is 17.1. The first-order chi connectivity index (χ1) is 12.6. The van der Waals surface area contributed by atoms with Crippen molar-refractivity contribution < 1.29 is 29.6 Å². The highest BCUT2D eigenvalue weighted by molar-refractivity contribution is 6.01. The highest BCUT2D eigenvalue weighted by Gasteiger charge is 2.14. The molecule has 0 aliphatic heterocycles. The van der Waals surface area contributed by atoms with E-state index in [2.05, 4.69) is 13.8 Å². The first-order valence-electron chi connectivity index (χ1n) is 9.48. The normalized spacial score (nSPS) is 12.0. The fourth-order valence-electron chi connectivity index (χ4n) is 2.33. The van der Waals surface area contributed by atoms with Gasteiger partial charge in [-0.25, -0.2) is 19.4 Å². The van der Waals surface area contributed by atoms with Crippen LogP contribution in [0, 0.1) is 5.92 Å². The van der Waals surface area contributed by atoms with E-state index in [1.165, 1.54) is 49.9 Å². The fourth-order valence-corrected chi connectivity index (χ4v) is 2.33. The second kappa shape index (κ2) is 13.3. The molecule has 154 valence electrons. The Bertz CT molecular complexity index is 529. The van der Waals surface area contributed by atoms with Crippen molar-refractivity contribution in [3.05, 3.63) is 35.4 Å². The zero-order valence-electron chi connectivity index (χ0n) is 17.2. The van der Waals surface area contributed by atoms with Crippen molar-refractivity contribution in [2.75, 3.05) is 6.61 Å². The molecule has 1 atom stereocenters. The first-order valence-corrected chi connectivity index (χ1v) is 9.48. The number of hydrogen-bond acceptors (Lipinski definition) is 4. The molecule has 0 heterocycles. The second-order valence-corrected chi connectivity index (χ2v) is 7.38.